The summed E-state index contributed by atoms with van der Waals surface area (Å²) in [7, 11) is 0. The molecule has 1 aliphatic heterocycles. The van der Waals surface area contributed by atoms with E-state index in [0.717, 1.165) is 16.7 Å². The number of imidazole rings is 1. The van der Waals surface area contributed by atoms with Crippen LogP contribution >= 0.6 is 0 Å². The number of carbonyl (C=O) groups excluding carboxylic acids is 3. The molecule has 0 unspecified atom stereocenters. The van der Waals surface area contributed by atoms with Gasteiger partial charge in [-0.05, 0) is 53.8 Å². The average Bonchev–Trinajstić information content (AvgIpc) is 3.51. The van der Waals surface area contributed by atoms with Gasteiger partial charge in [0, 0.05) is 19.6 Å². The molecule has 5 aromatic rings. The van der Waals surface area contributed by atoms with Crippen molar-refractivity contribution in [1.29, 1.82) is 0 Å². The van der Waals surface area contributed by atoms with E-state index in [2.05, 4.69) is 20.6 Å². The van der Waals surface area contributed by atoms with Crippen LogP contribution in [-0.4, -0.2) is 49.7 Å². The summed E-state index contributed by atoms with van der Waals surface area (Å²) >= 11 is 0. The summed E-state index contributed by atoms with van der Waals surface area (Å²) in [6, 6.07) is 12.4. The smallest absolute Gasteiger partial charge is 0.335 e. The number of aromatic carboxylic acids is 1. The Morgan fingerprint density at radius 2 is 1.74 bits per heavy atom. The number of nitrogens with two attached hydrogens (primary N) is 2. The van der Waals surface area contributed by atoms with Gasteiger partial charge >= 0.3 is 5.97 Å². The molecule has 6 rings (SSSR count). The number of fused-ring (bicyclic) bond motifs is 2. The van der Waals surface area contributed by atoms with Gasteiger partial charge in [-0.15, -0.1) is 0 Å². The second-order valence-corrected chi connectivity index (χ2v) is 11.2. The van der Waals surface area contributed by atoms with Crippen molar-refractivity contribution < 1.29 is 24.3 Å². The number of primary amides is 1. The van der Waals surface area contributed by atoms with E-state index in [-0.39, 0.29) is 46.2 Å². The van der Waals surface area contributed by atoms with Crippen molar-refractivity contribution in [3.8, 4) is 0 Å². The number of carbonyl (C=O) groups is 4. The second-order valence-electron chi connectivity index (χ2n) is 11.2. The molecule has 15 nitrogen and oxygen atoms in total. The SMILES string of the molecule is C[C@H](NC(=O)c1cc(C(=O)NCc2ccc3c(c2)CN(c2c(N)c(=O)c2=O)CC3)n2cnc(C(N)=O)c2n1)c1ccc(C(=O)O)cc1. The lowest BCUT2D eigenvalue weighted by Crippen LogP contribution is -2.44. The highest BCUT2D eigenvalue weighted by atomic mass is 16.4. The van der Waals surface area contributed by atoms with Gasteiger partial charge in [0.05, 0.1) is 11.6 Å². The minimum atomic E-state index is -1.08. The predicted octanol–water partition coefficient (Wildman–Crippen LogP) is 0.688. The highest BCUT2D eigenvalue weighted by molar-refractivity contribution is 6.01. The summed E-state index contributed by atoms with van der Waals surface area (Å²) in [5, 5.41) is 14.7. The zero-order valence-electron chi connectivity index (χ0n) is 24.9. The molecular weight excluding hydrogens is 608 g/mol. The van der Waals surface area contributed by atoms with Gasteiger partial charge in [-0.3, -0.25) is 28.4 Å². The number of anilines is 2. The van der Waals surface area contributed by atoms with Crippen LogP contribution in [0.5, 0.6) is 0 Å². The first-order valence-corrected chi connectivity index (χ1v) is 14.5. The lowest BCUT2D eigenvalue weighted by Gasteiger charge is -2.32. The molecule has 0 saturated carbocycles. The molecule has 238 valence electrons. The normalized spacial score (nSPS) is 13.3. The summed E-state index contributed by atoms with van der Waals surface area (Å²) in [6.45, 7) is 2.71. The Balaban J connectivity index is 1.22. The van der Waals surface area contributed by atoms with Gasteiger partial charge in [-0.2, -0.15) is 0 Å². The fraction of sp³-hybridized carbons (Fsp3) is 0.188. The number of nitrogens with one attached hydrogen (secondary N) is 2. The number of benzene rings is 2. The minimum absolute atomic E-state index is 0.0265. The summed E-state index contributed by atoms with van der Waals surface area (Å²) in [5.41, 5.74) is 13.2. The molecular formula is C32H28N8O7. The van der Waals surface area contributed by atoms with Gasteiger partial charge in [-0.25, -0.2) is 14.8 Å². The van der Waals surface area contributed by atoms with E-state index in [9.17, 15) is 28.8 Å². The molecule has 47 heavy (non-hydrogen) atoms. The van der Waals surface area contributed by atoms with E-state index in [4.69, 9.17) is 16.6 Å². The predicted molar refractivity (Wildman–Crippen MR) is 169 cm³/mol. The molecule has 7 N–H and O–H groups in total. The molecule has 1 atom stereocenters. The maximum atomic E-state index is 13.5. The molecule has 0 radical (unpaired) electrons. The topological polar surface area (TPSA) is 232 Å². The first-order chi connectivity index (χ1) is 22.4. The van der Waals surface area contributed by atoms with Crippen LogP contribution < -0.4 is 37.9 Å². The molecule has 0 aliphatic carbocycles. The molecule has 3 aromatic carbocycles. The molecule has 0 bridgehead atoms. The maximum absolute atomic E-state index is 13.5. The third-order valence-corrected chi connectivity index (χ3v) is 8.18. The Hall–Kier alpha value is -6.38. The van der Waals surface area contributed by atoms with Gasteiger partial charge in [0.25, 0.3) is 28.6 Å². The highest BCUT2D eigenvalue weighted by Crippen LogP contribution is 2.26. The van der Waals surface area contributed by atoms with Crippen LogP contribution in [0, 0.1) is 0 Å². The van der Waals surface area contributed by atoms with Gasteiger partial charge in [0.2, 0.25) is 0 Å². The Morgan fingerprint density at radius 3 is 2.43 bits per heavy atom. The van der Waals surface area contributed by atoms with Crippen LogP contribution in [0.2, 0.25) is 0 Å². The van der Waals surface area contributed by atoms with Crippen molar-refractivity contribution >= 4 is 40.7 Å². The fourth-order valence-electron chi connectivity index (χ4n) is 5.60. The molecule has 3 heterocycles. The number of amides is 3. The molecule has 1 aliphatic rings. The number of aromatic nitrogens is 3. The van der Waals surface area contributed by atoms with E-state index in [1.807, 2.05) is 18.2 Å². The molecule has 3 amide bonds. The number of rotatable bonds is 9. The number of carboxylic acid groups (broad SMARTS) is 1. The lowest BCUT2D eigenvalue weighted by atomic mass is 9.96. The van der Waals surface area contributed by atoms with Gasteiger partial charge in [0.1, 0.15) is 29.1 Å². The van der Waals surface area contributed by atoms with Crippen LogP contribution in [0.1, 0.15) is 77.0 Å². The van der Waals surface area contributed by atoms with Crippen molar-refractivity contribution in [2.75, 3.05) is 17.2 Å². The number of hydrogen-bond donors (Lipinski definition) is 5. The summed E-state index contributed by atoms with van der Waals surface area (Å²) in [6.07, 6.45) is 1.86. The van der Waals surface area contributed by atoms with Crippen LogP contribution in [-0.2, 0) is 19.5 Å². The summed E-state index contributed by atoms with van der Waals surface area (Å²) in [5.74, 6) is -3.23. The van der Waals surface area contributed by atoms with E-state index < -0.39 is 40.6 Å². The van der Waals surface area contributed by atoms with Crippen molar-refractivity contribution in [1.82, 2.24) is 25.0 Å². The first-order valence-electron chi connectivity index (χ1n) is 14.5. The average molecular weight is 637 g/mol. The van der Waals surface area contributed by atoms with Crippen molar-refractivity contribution in [3.05, 3.63) is 120 Å². The zero-order chi connectivity index (χ0) is 33.6. The van der Waals surface area contributed by atoms with Gasteiger partial charge in [0.15, 0.2) is 11.3 Å². The van der Waals surface area contributed by atoms with E-state index in [1.54, 1.807) is 24.0 Å². The number of carboxylic acids is 1. The quantitative estimate of drug-likeness (QED) is 0.141. The Morgan fingerprint density at radius 1 is 1.00 bits per heavy atom. The van der Waals surface area contributed by atoms with Crippen molar-refractivity contribution in [2.45, 2.75) is 32.5 Å². The Kier molecular flexibility index (Phi) is 7.72. The number of nitrogens with zero attached hydrogens (tertiary/aromatic N) is 4. The summed E-state index contributed by atoms with van der Waals surface area (Å²) in [4.78, 5) is 83.8. The largest absolute Gasteiger partial charge is 0.478 e. The number of hydrogen-bond acceptors (Lipinski definition) is 10. The van der Waals surface area contributed by atoms with Crippen molar-refractivity contribution in [2.24, 2.45) is 5.73 Å². The second kappa shape index (κ2) is 11.8. The van der Waals surface area contributed by atoms with E-state index in [0.29, 0.717) is 25.1 Å². The zero-order valence-corrected chi connectivity index (χ0v) is 24.9. The van der Waals surface area contributed by atoms with Crippen LogP contribution in [0.3, 0.4) is 0 Å². The Bertz CT molecular complexity index is 2180. The standard InChI is InChI=1S/C32H28N8O7/c1-15(17-4-6-19(7-5-17)32(46)47)37-30(44)21-11-22(40-14-36-24(28(34)43)29(40)38-21)31(45)35-12-16-2-3-18-8-9-39(13-20(18)10-16)25-23(33)26(41)27(25)42/h2-7,10-11,14-15H,8-9,12-13,33H2,1H3,(H2,34,43)(H,35,45)(H,37,44)(H,46,47)/t15-/m0/s1. The third kappa shape index (κ3) is 5.65. The first kappa shape index (κ1) is 30.6. The maximum Gasteiger partial charge on any atom is 0.335 e. The van der Waals surface area contributed by atoms with Crippen LogP contribution in [0.15, 0.2) is 64.4 Å². The monoisotopic (exact) mass is 636 g/mol. The molecule has 15 heteroatoms. The molecule has 0 spiro atoms. The molecule has 2 aromatic heterocycles. The Labute approximate surface area is 265 Å². The molecule has 0 saturated heterocycles. The van der Waals surface area contributed by atoms with Crippen LogP contribution in [0.25, 0.3) is 5.65 Å². The fourth-order valence-corrected chi connectivity index (χ4v) is 5.60. The van der Waals surface area contributed by atoms with Crippen LogP contribution in [0.4, 0.5) is 11.4 Å². The van der Waals surface area contributed by atoms with E-state index >= 15 is 0 Å². The summed E-state index contributed by atoms with van der Waals surface area (Å²) < 4.78 is 1.26. The van der Waals surface area contributed by atoms with E-state index in [1.165, 1.54) is 28.9 Å². The minimum Gasteiger partial charge on any atom is -0.478 e. The highest BCUT2D eigenvalue weighted by Gasteiger charge is 2.27. The number of nitrogen functional groups attached to an aromatic ring is 1. The van der Waals surface area contributed by atoms with Crippen molar-refractivity contribution in [3.63, 3.8) is 0 Å². The van der Waals surface area contributed by atoms with Gasteiger partial charge < -0.3 is 32.1 Å². The third-order valence-electron chi connectivity index (χ3n) is 8.18. The van der Waals surface area contributed by atoms with Gasteiger partial charge in [-0.1, -0.05) is 30.3 Å². The molecule has 0 fully saturated rings. The lowest BCUT2D eigenvalue weighted by molar-refractivity contribution is 0.0695.